The maximum atomic E-state index is 12.2. The van der Waals surface area contributed by atoms with E-state index in [0.29, 0.717) is 70.6 Å². The minimum absolute atomic E-state index is 0.225. The Morgan fingerprint density at radius 2 is 1.10 bits per heavy atom. The van der Waals surface area contributed by atoms with Crippen LogP contribution in [0.2, 0.25) is 0 Å². The van der Waals surface area contributed by atoms with Gasteiger partial charge in [0.2, 0.25) is 0 Å². The monoisotopic (exact) mass is 405 g/mol. The smallest absolute Gasteiger partial charge is 0.261 e. The van der Waals surface area contributed by atoms with Crippen LogP contribution in [0.5, 0.6) is 0 Å². The molecule has 0 N–H and O–H groups in total. The van der Waals surface area contributed by atoms with Gasteiger partial charge in [0.15, 0.2) is 0 Å². The van der Waals surface area contributed by atoms with Crippen LogP contribution >= 0.6 is 0 Å². The van der Waals surface area contributed by atoms with Crippen molar-refractivity contribution in [2.45, 2.75) is 0 Å². The van der Waals surface area contributed by atoms with Crippen LogP contribution in [0.15, 0.2) is 24.3 Å². The average Bonchev–Trinajstić information content (AvgIpc) is 2.98. The Morgan fingerprint density at radius 1 is 0.690 bits per heavy atom. The minimum atomic E-state index is -0.272. The molecule has 0 saturated carbocycles. The van der Waals surface area contributed by atoms with Gasteiger partial charge in [-0.2, -0.15) is 0 Å². The molecule has 1 aliphatic heterocycles. The van der Waals surface area contributed by atoms with E-state index in [-0.39, 0.29) is 25.0 Å². The molecule has 1 heterocycles. The van der Waals surface area contributed by atoms with Gasteiger partial charge in [-0.25, -0.2) is 0 Å². The summed E-state index contributed by atoms with van der Waals surface area (Å²) in [7, 11) is 0. The molecule has 2 rings (SSSR count). The highest BCUT2D eigenvalue weighted by atomic mass is 16.6. The SMILES string of the molecule is C#CCOCCOCCOCCOCCOCCN1C(=O)c2ccccc2C1=O. The van der Waals surface area contributed by atoms with Gasteiger partial charge < -0.3 is 23.7 Å². The van der Waals surface area contributed by atoms with Crippen LogP contribution in [0.25, 0.3) is 0 Å². The molecule has 0 unspecified atom stereocenters. The highest BCUT2D eigenvalue weighted by Crippen LogP contribution is 2.21. The number of benzene rings is 1. The highest BCUT2D eigenvalue weighted by Gasteiger charge is 2.34. The molecule has 0 saturated heterocycles. The predicted octanol–water partition coefficient (Wildman–Crippen LogP) is 0.999. The molecule has 158 valence electrons. The van der Waals surface area contributed by atoms with Gasteiger partial charge >= 0.3 is 0 Å². The number of hydrogen-bond donors (Lipinski definition) is 0. The van der Waals surface area contributed by atoms with Gasteiger partial charge in [0.1, 0.15) is 6.61 Å². The first-order valence-electron chi connectivity index (χ1n) is 9.53. The zero-order valence-corrected chi connectivity index (χ0v) is 16.5. The molecular weight excluding hydrogens is 378 g/mol. The molecular formula is C21H27NO7. The molecule has 0 bridgehead atoms. The van der Waals surface area contributed by atoms with Crippen LogP contribution in [0.3, 0.4) is 0 Å². The molecule has 0 aromatic heterocycles. The number of nitrogens with zero attached hydrogens (tertiary/aromatic N) is 1. The van der Waals surface area contributed by atoms with Gasteiger partial charge in [-0.05, 0) is 12.1 Å². The topological polar surface area (TPSA) is 83.5 Å². The van der Waals surface area contributed by atoms with E-state index >= 15 is 0 Å². The molecule has 1 aliphatic rings. The summed E-state index contributed by atoms with van der Waals surface area (Å²) in [5.74, 6) is 1.84. The van der Waals surface area contributed by atoms with Crippen molar-refractivity contribution in [3.05, 3.63) is 35.4 Å². The van der Waals surface area contributed by atoms with Gasteiger partial charge in [-0.1, -0.05) is 18.1 Å². The molecule has 0 spiro atoms. The lowest BCUT2D eigenvalue weighted by molar-refractivity contribution is -0.0100. The number of carbonyl (C=O) groups excluding carboxylic acids is 2. The third-order valence-electron chi connectivity index (χ3n) is 4.01. The second-order valence-electron chi connectivity index (χ2n) is 6.01. The fourth-order valence-electron chi connectivity index (χ4n) is 2.61. The van der Waals surface area contributed by atoms with Crippen LogP contribution in [-0.4, -0.2) is 89.3 Å². The van der Waals surface area contributed by atoms with E-state index in [9.17, 15) is 9.59 Å². The Labute approximate surface area is 171 Å². The number of rotatable bonds is 16. The van der Waals surface area contributed by atoms with Crippen molar-refractivity contribution in [3.8, 4) is 12.3 Å². The number of carbonyl (C=O) groups is 2. The van der Waals surface area contributed by atoms with Crippen molar-refractivity contribution in [2.75, 3.05) is 72.6 Å². The van der Waals surface area contributed by atoms with Gasteiger partial charge in [-0.15, -0.1) is 6.42 Å². The second-order valence-corrected chi connectivity index (χ2v) is 6.01. The fraction of sp³-hybridized carbons (Fsp3) is 0.524. The van der Waals surface area contributed by atoms with Crippen LogP contribution in [0.4, 0.5) is 0 Å². The Bertz CT molecular complexity index is 651. The van der Waals surface area contributed by atoms with Crippen LogP contribution in [0, 0.1) is 12.3 Å². The molecule has 0 fully saturated rings. The van der Waals surface area contributed by atoms with E-state index in [1.165, 1.54) is 4.90 Å². The Balaban J connectivity index is 1.38. The van der Waals surface area contributed by atoms with Gasteiger partial charge in [0.05, 0.1) is 77.1 Å². The maximum Gasteiger partial charge on any atom is 0.261 e. The van der Waals surface area contributed by atoms with E-state index in [2.05, 4.69) is 5.92 Å². The van der Waals surface area contributed by atoms with Crippen LogP contribution in [-0.2, 0) is 23.7 Å². The van der Waals surface area contributed by atoms with Gasteiger partial charge in [0, 0.05) is 0 Å². The average molecular weight is 405 g/mol. The predicted molar refractivity (Wildman–Crippen MR) is 105 cm³/mol. The van der Waals surface area contributed by atoms with E-state index in [4.69, 9.17) is 30.1 Å². The number of fused-ring (bicyclic) bond motifs is 1. The summed E-state index contributed by atoms with van der Waals surface area (Å²) in [6, 6.07) is 6.81. The fourth-order valence-corrected chi connectivity index (χ4v) is 2.61. The summed E-state index contributed by atoms with van der Waals surface area (Å²) < 4.78 is 26.6. The standard InChI is InChI=1S/C21H27NO7/c1-2-8-25-10-12-27-14-16-29-17-15-28-13-11-26-9-7-22-20(23)18-5-3-4-6-19(18)21(22)24/h1,3-6H,7-17H2. The first kappa shape index (κ1) is 23.0. The molecule has 1 aromatic carbocycles. The lowest BCUT2D eigenvalue weighted by Crippen LogP contribution is -2.33. The van der Waals surface area contributed by atoms with E-state index in [1.807, 2.05) is 0 Å². The Kier molecular flexibility index (Phi) is 11.0. The number of imide groups is 1. The zero-order chi connectivity index (χ0) is 20.7. The molecule has 8 heteroatoms. The first-order valence-corrected chi connectivity index (χ1v) is 9.53. The third-order valence-corrected chi connectivity index (χ3v) is 4.01. The summed E-state index contributed by atoms with van der Waals surface area (Å²) in [5.41, 5.74) is 0.895. The third kappa shape index (κ3) is 7.93. The quantitative estimate of drug-likeness (QED) is 0.230. The Hall–Kier alpha value is -2.28. The van der Waals surface area contributed by atoms with Crippen molar-refractivity contribution in [1.82, 2.24) is 4.90 Å². The summed E-state index contributed by atoms with van der Waals surface area (Å²) >= 11 is 0. The molecule has 2 amide bonds. The summed E-state index contributed by atoms with van der Waals surface area (Å²) in [6.45, 7) is 4.42. The Morgan fingerprint density at radius 3 is 1.55 bits per heavy atom. The van der Waals surface area contributed by atoms with Crippen molar-refractivity contribution in [1.29, 1.82) is 0 Å². The number of amides is 2. The summed E-state index contributed by atoms with van der Waals surface area (Å²) in [6.07, 6.45) is 5.05. The molecule has 0 radical (unpaired) electrons. The van der Waals surface area contributed by atoms with Crippen molar-refractivity contribution >= 4 is 11.8 Å². The summed E-state index contributed by atoms with van der Waals surface area (Å²) in [5, 5.41) is 0. The van der Waals surface area contributed by atoms with E-state index in [0.717, 1.165) is 0 Å². The largest absolute Gasteiger partial charge is 0.377 e. The lowest BCUT2D eigenvalue weighted by Gasteiger charge is -2.13. The first-order chi connectivity index (χ1) is 14.3. The molecule has 8 nitrogen and oxygen atoms in total. The number of ether oxygens (including phenoxy) is 5. The van der Waals surface area contributed by atoms with Crippen molar-refractivity contribution in [2.24, 2.45) is 0 Å². The zero-order valence-electron chi connectivity index (χ0n) is 16.5. The highest BCUT2D eigenvalue weighted by molar-refractivity contribution is 6.21. The molecule has 1 aromatic rings. The maximum absolute atomic E-state index is 12.2. The normalized spacial score (nSPS) is 13.0. The molecule has 0 aliphatic carbocycles. The molecule has 29 heavy (non-hydrogen) atoms. The number of hydrogen-bond acceptors (Lipinski definition) is 7. The molecule has 0 atom stereocenters. The van der Waals surface area contributed by atoms with E-state index < -0.39 is 0 Å². The van der Waals surface area contributed by atoms with E-state index in [1.54, 1.807) is 24.3 Å². The van der Waals surface area contributed by atoms with Gasteiger partial charge in [0.25, 0.3) is 11.8 Å². The van der Waals surface area contributed by atoms with Crippen LogP contribution < -0.4 is 0 Å². The van der Waals surface area contributed by atoms with Crippen molar-refractivity contribution in [3.63, 3.8) is 0 Å². The minimum Gasteiger partial charge on any atom is -0.377 e. The van der Waals surface area contributed by atoms with Gasteiger partial charge in [-0.3, -0.25) is 14.5 Å². The second kappa shape index (κ2) is 13.8. The lowest BCUT2D eigenvalue weighted by atomic mass is 10.1. The van der Waals surface area contributed by atoms with Crippen molar-refractivity contribution < 1.29 is 33.3 Å². The summed E-state index contributed by atoms with van der Waals surface area (Å²) in [4.78, 5) is 25.6. The van der Waals surface area contributed by atoms with Crippen LogP contribution in [0.1, 0.15) is 20.7 Å². The number of terminal acetylenes is 1.